The highest BCUT2D eigenvalue weighted by atomic mass is 19.1. The van der Waals surface area contributed by atoms with Crippen LogP contribution in [0.1, 0.15) is 31.9 Å². The van der Waals surface area contributed by atoms with Crippen LogP contribution in [0, 0.1) is 11.6 Å². The molecule has 0 aliphatic rings. The molecular formula is C11H15F2N. The van der Waals surface area contributed by atoms with Crippen molar-refractivity contribution in [3.63, 3.8) is 0 Å². The van der Waals surface area contributed by atoms with Crippen LogP contribution in [-0.2, 0) is 0 Å². The van der Waals surface area contributed by atoms with Crippen molar-refractivity contribution in [3.05, 3.63) is 35.4 Å². The summed E-state index contributed by atoms with van der Waals surface area (Å²) in [4.78, 5) is 0. The molecule has 78 valence electrons. The Balaban J connectivity index is 2.73. The summed E-state index contributed by atoms with van der Waals surface area (Å²) in [6.07, 6.45) is 1.00. The van der Waals surface area contributed by atoms with E-state index in [0.29, 0.717) is 5.56 Å². The van der Waals surface area contributed by atoms with Crippen LogP contribution in [-0.4, -0.2) is 6.54 Å². The number of halogens is 2. The smallest absolute Gasteiger partial charge is 0.126 e. The minimum atomic E-state index is -0.523. The first kappa shape index (κ1) is 11.1. The van der Waals surface area contributed by atoms with E-state index in [9.17, 15) is 8.78 Å². The zero-order valence-corrected chi connectivity index (χ0v) is 8.48. The molecule has 0 radical (unpaired) electrons. The second-order valence-corrected chi connectivity index (χ2v) is 3.38. The van der Waals surface area contributed by atoms with Crippen molar-refractivity contribution in [2.45, 2.75) is 26.3 Å². The van der Waals surface area contributed by atoms with Gasteiger partial charge in [-0.1, -0.05) is 6.92 Å². The van der Waals surface area contributed by atoms with E-state index in [-0.39, 0.29) is 6.04 Å². The van der Waals surface area contributed by atoms with Gasteiger partial charge in [-0.15, -0.1) is 0 Å². The molecule has 1 atom stereocenters. The molecule has 1 rings (SSSR count). The maximum atomic E-state index is 12.8. The van der Waals surface area contributed by atoms with Gasteiger partial charge >= 0.3 is 0 Å². The molecule has 14 heavy (non-hydrogen) atoms. The second kappa shape index (κ2) is 5.05. The lowest BCUT2D eigenvalue weighted by molar-refractivity contribution is 0.544. The molecule has 0 aliphatic heterocycles. The summed E-state index contributed by atoms with van der Waals surface area (Å²) in [7, 11) is 0. The van der Waals surface area contributed by atoms with E-state index >= 15 is 0 Å². The third-order valence-corrected chi connectivity index (χ3v) is 2.09. The van der Waals surface area contributed by atoms with Crippen LogP contribution in [0.2, 0.25) is 0 Å². The summed E-state index contributed by atoms with van der Waals surface area (Å²) >= 11 is 0. The van der Waals surface area contributed by atoms with Crippen LogP contribution in [0.25, 0.3) is 0 Å². The van der Waals surface area contributed by atoms with Crippen molar-refractivity contribution in [3.8, 4) is 0 Å². The van der Waals surface area contributed by atoms with E-state index in [1.54, 1.807) is 0 Å². The van der Waals surface area contributed by atoms with Crippen molar-refractivity contribution < 1.29 is 8.78 Å². The molecule has 0 bridgehead atoms. The van der Waals surface area contributed by atoms with Crippen molar-refractivity contribution in [1.82, 2.24) is 5.32 Å². The summed E-state index contributed by atoms with van der Waals surface area (Å²) in [5.74, 6) is -1.05. The first-order chi connectivity index (χ1) is 6.63. The second-order valence-electron chi connectivity index (χ2n) is 3.38. The summed E-state index contributed by atoms with van der Waals surface area (Å²) in [6.45, 7) is 4.79. The van der Waals surface area contributed by atoms with Gasteiger partial charge in [-0.2, -0.15) is 0 Å². The third kappa shape index (κ3) is 3.07. The van der Waals surface area contributed by atoms with Crippen LogP contribution >= 0.6 is 0 Å². The SMILES string of the molecule is CCCNC(C)c1cc(F)cc(F)c1. The molecule has 1 aromatic rings. The quantitative estimate of drug-likeness (QED) is 0.786. The first-order valence-electron chi connectivity index (χ1n) is 4.83. The van der Waals surface area contributed by atoms with E-state index in [1.807, 2.05) is 13.8 Å². The molecule has 0 saturated carbocycles. The lowest BCUT2D eigenvalue weighted by Crippen LogP contribution is -2.19. The largest absolute Gasteiger partial charge is 0.310 e. The van der Waals surface area contributed by atoms with Crippen molar-refractivity contribution in [2.24, 2.45) is 0 Å². The fraction of sp³-hybridized carbons (Fsp3) is 0.455. The van der Waals surface area contributed by atoms with Gasteiger partial charge in [0.2, 0.25) is 0 Å². The van der Waals surface area contributed by atoms with E-state index < -0.39 is 11.6 Å². The minimum Gasteiger partial charge on any atom is -0.310 e. The molecule has 0 aromatic heterocycles. The van der Waals surface area contributed by atoms with Crippen LogP contribution in [0.4, 0.5) is 8.78 Å². The predicted molar refractivity (Wildman–Crippen MR) is 53.1 cm³/mol. The monoisotopic (exact) mass is 199 g/mol. The number of benzene rings is 1. The van der Waals surface area contributed by atoms with Gasteiger partial charge in [0.25, 0.3) is 0 Å². The molecule has 0 heterocycles. The Bertz CT molecular complexity index is 279. The van der Waals surface area contributed by atoms with E-state index in [4.69, 9.17) is 0 Å². The molecule has 0 amide bonds. The highest BCUT2D eigenvalue weighted by molar-refractivity contribution is 5.20. The van der Waals surface area contributed by atoms with Crippen LogP contribution in [0.3, 0.4) is 0 Å². The highest BCUT2D eigenvalue weighted by Crippen LogP contribution is 2.15. The topological polar surface area (TPSA) is 12.0 Å². The zero-order valence-electron chi connectivity index (χ0n) is 8.48. The Morgan fingerprint density at radius 2 is 1.79 bits per heavy atom. The number of rotatable bonds is 4. The summed E-state index contributed by atoms with van der Waals surface area (Å²) < 4.78 is 25.7. The lowest BCUT2D eigenvalue weighted by Gasteiger charge is -2.13. The van der Waals surface area contributed by atoms with Crippen molar-refractivity contribution in [1.29, 1.82) is 0 Å². The summed E-state index contributed by atoms with van der Waals surface area (Å²) in [6, 6.07) is 3.59. The van der Waals surface area contributed by atoms with E-state index in [2.05, 4.69) is 5.32 Å². The Labute approximate surface area is 83.1 Å². The van der Waals surface area contributed by atoms with E-state index in [0.717, 1.165) is 19.0 Å². The number of nitrogens with one attached hydrogen (secondary N) is 1. The molecule has 0 fully saturated rings. The van der Waals surface area contributed by atoms with Gasteiger partial charge in [-0.25, -0.2) is 8.78 Å². The molecule has 0 saturated heterocycles. The molecule has 0 aliphatic carbocycles. The molecule has 1 aromatic carbocycles. The molecule has 1 unspecified atom stereocenters. The van der Waals surface area contributed by atoms with Crippen molar-refractivity contribution >= 4 is 0 Å². The summed E-state index contributed by atoms with van der Waals surface area (Å²) in [5.41, 5.74) is 0.649. The molecular weight excluding hydrogens is 184 g/mol. The molecule has 1 N–H and O–H groups in total. The van der Waals surface area contributed by atoms with E-state index in [1.165, 1.54) is 12.1 Å². The van der Waals surface area contributed by atoms with Crippen LogP contribution in [0.15, 0.2) is 18.2 Å². The zero-order chi connectivity index (χ0) is 10.6. The van der Waals surface area contributed by atoms with Gasteiger partial charge in [-0.3, -0.25) is 0 Å². The average molecular weight is 199 g/mol. The van der Waals surface area contributed by atoms with Crippen LogP contribution < -0.4 is 5.32 Å². The number of hydrogen-bond donors (Lipinski definition) is 1. The standard InChI is InChI=1S/C11H15F2N/c1-3-4-14-8(2)9-5-10(12)7-11(13)6-9/h5-8,14H,3-4H2,1-2H3. The highest BCUT2D eigenvalue weighted by Gasteiger charge is 2.07. The Hall–Kier alpha value is -0.960. The minimum absolute atomic E-state index is 0.0138. The number of hydrogen-bond acceptors (Lipinski definition) is 1. The Kier molecular flexibility index (Phi) is 4.01. The molecule has 1 nitrogen and oxygen atoms in total. The predicted octanol–water partition coefficient (Wildman–Crippen LogP) is 3.03. The molecule has 0 spiro atoms. The average Bonchev–Trinajstić information content (AvgIpc) is 2.12. The van der Waals surface area contributed by atoms with Gasteiger partial charge in [0.15, 0.2) is 0 Å². The normalized spacial score (nSPS) is 12.9. The third-order valence-electron chi connectivity index (χ3n) is 2.09. The maximum Gasteiger partial charge on any atom is 0.126 e. The fourth-order valence-electron chi connectivity index (χ4n) is 1.30. The van der Waals surface area contributed by atoms with Gasteiger partial charge in [-0.05, 0) is 37.6 Å². The summed E-state index contributed by atoms with van der Waals surface area (Å²) in [5, 5.41) is 3.17. The van der Waals surface area contributed by atoms with Gasteiger partial charge in [0.05, 0.1) is 0 Å². The molecule has 3 heteroatoms. The fourth-order valence-corrected chi connectivity index (χ4v) is 1.30. The maximum absolute atomic E-state index is 12.8. The van der Waals surface area contributed by atoms with Gasteiger partial charge < -0.3 is 5.32 Å². The van der Waals surface area contributed by atoms with Crippen molar-refractivity contribution in [2.75, 3.05) is 6.54 Å². The Morgan fingerprint density at radius 3 is 2.29 bits per heavy atom. The van der Waals surface area contributed by atoms with Gasteiger partial charge in [0.1, 0.15) is 11.6 Å². The Morgan fingerprint density at radius 1 is 1.21 bits per heavy atom. The first-order valence-corrected chi connectivity index (χ1v) is 4.83. The van der Waals surface area contributed by atoms with Crippen LogP contribution in [0.5, 0.6) is 0 Å². The van der Waals surface area contributed by atoms with Gasteiger partial charge in [0, 0.05) is 12.1 Å². The lowest BCUT2D eigenvalue weighted by atomic mass is 10.1.